The second kappa shape index (κ2) is 5.48. The molecule has 0 aliphatic rings. The molecule has 0 spiro atoms. The van der Waals surface area contributed by atoms with Crippen molar-refractivity contribution in [2.24, 2.45) is 7.05 Å². The maximum atomic E-state index is 13.5. The van der Waals surface area contributed by atoms with E-state index in [-0.39, 0.29) is 5.82 Å². The Morgan fingerprint density at radius 3 is 2.26 bits per heavy atom. The third kappa shape index (κ3) is 2.98. The van der Waals surface area contributed by atoms with Gasteiger partial charge in [-0.1, -0.05) is 12.1 Å². The zero-order valence-corrected chi connectivity index (χ0v) is 11.8. The van der Waals surface area contributed by atoms with Crippen molar-refractivity contribution in [1.82, 2.24) is 20.1 Å². The first-order chi connectivity index (χ1) is 8.99. The Morgan fingerprint density at radius 2 is 1.74 bits per heavy atom. The largest absolute Gasteiger partial charge is 0.317 e. The molecular formula is C14H19FN4. The summed E-state index contributed by atoms with van der Waals surface area (Å²) in [4.78, 5) is 0. The van der Waals surface area contributed by atoms with Crippen molar-refractivity contribution in [1.29, 1.82) is 0 Å². The number of nitrogens with zero attached hydrogens (tertiary/aromatic N) is 3. The molecule has 0 radical (unpaired) electrons. The molecule has 5 heteroatoms. The van der Waals surface area contributed by atoms with Gasteiger partial charge in [-0.3, -0.25) is 0 Å². The number of benzene rings is 1. The molecule has 0 saturated carbocycles. The van der Waals surface area contributed by atoms with Crippen LogP contribution in [0.3, 0.4) is 0 Å². The highest BCUT2D eigenvalue weighted by molar-refractivity contribution is 5.30. The Labute approximate surface area is 112 Å². The van der Waals surface area contributed by atoms with E-state index in [9.17, 15) is 4.39 Å². The quantitative estimate of drug-likeness (QED) is 0.918. The fourth-order valence-electron chi connectivity index (χ4n) is 2.06. The summed E-state index contributed by atoms with van der Waals surface area (Å²) in [6, 6.07) is 3.74. The zero-order chi connectivity index (χ0) is 14.0. The smallest absolute Gasteiger partial charge is 0.146 e. The molecule has 2 aromatic rings. The van der Waals surface area contributed by atoms with Crippen LogP contribution in [0.1, 0.15) is 28.3 Å². The van der Waals surface area contributed by atoms with Gasteiger partial charge in [0.25, 0.3) is 0 Å². The molecule has 1 aromatic carbocycles. The Kier molecular flexibility index (Phi) is 3.95. The second-order valence-electron chi connectivity index (χ2n) is 4.87. The van der Waals surface area contributed by atoms with Gasteiger partial charge in [-0.2, -0.15) is 0 Å². The molecule has 0 saturated heterocycles. The first-order valence-electron chi connectivity index (χ1n) is 6.30. The topological polar surface area (TPSA) is 42.7 Å². The van der Waals surface area contributed by atoms with E-state index >= 15 is 0 Å². The lowest BCUT2D eigenvalue weighted by Gasteiger charge is -2.08. The maximum absolute atomic E-state index is 13.5. The minimum atomic E-state index is -0.118. The van der Waals surface area contributed by atoms with Gasteiger partial charge in [0.2, 0.25) is 0 Å². The molecule has 0 amide bonds. The van der Waals surface area contributed by atoms with Gasteiger partial charge in [-0.25, -0.2) is 4.39 Å². The normalized spacial score (nSPS) is 11.0. The van der Waals surface area contributed by atoms with Gasteiger partial charge in [-0.05, 0) is 37.5 Å². The first kappa shape index (κ1) is 13.7. The molecule has 1 aromatic heterocycles. The van der Waals surface area contributed by atoms with Crippen molar-refractivity contribution >= 4 is 0 Å². The van der Waals surface area contributed by atoms with Crippen molar-refractivity contribution < 1.29 is 4.39 Å². The van der Waals surface area contributed by atoms with Crippen LogP contribution in [0.25, 0.3) is 0 Å². The Balaban J connectivity index is 1.98. The molecule has 1 N–H and O–H groups in total. The van der Waals surface area contributed by atoms with Crippen LogP contribution in [0, 0.1) is 26.6 Å². The van der Waals surface area contributed by atoms with Crippen molar-refractivity contribution in [3.63, 3.8) is 0 Å². The summed E-state index contributed by atoms with van der Waals surface area (Å²) in [5, 5.41) is 11.4. The lowest BCUT2D eigenvalue weighted by molar-refractivity contribution is 0.603. The monoisotopic (exact) mass is 262 g/mol. The Morgan fingerprint density at radius 1 is 1.11 bits per heavy atom. The standard InChI is InChI=1S/C14H19FN4/c1-9-5-12(6-10(2)14(9)15)7-16-8-13-18-17-11(3)19(13)4/h5-6,16H,7-8H2,1-4H3. The average Bonchev–Trinajstić information content (AvgIpc) is 2.68. The summed E-state index contributed by atoms with van der Waals surface area (Å²) >= 11 is 0. The molecule has 0 aliphatic heterocycles. The van der Waals surface area contributed by atoms with E-state index < -0.39 is 0 Å². The van der Waals surface area contributed by atoms with Crippen LogP contribution in [-0.2, 0) is 20.1 Å². The molecule has 0 atom stereocenters. The van der Waals surface area contributed by atoms with E-state index in [4.69, 9.17) is 0 Å². The van der Waals surface area contributed by atoms with Gasteiger partial charge in [0.1, 0.15) is 17.5 Å². The van der Waals surface area contributed by atoms with Gasteiger partial charge < -0.3 is 9.88 Å². The van der Waals surface area contributed by atoms with Crippen LogP contribution in [0.5, 0.6) is 0 Å². The molecule has 1 heterocycles. The van der Waals surface area contributed by atoms with E-state index in [0.717, 1.165) is 17.2 Å². The van der Waals surface area contributed by atoms with Crippen LogP contribution in [-0.4, -0.2) is 14.8 Å². The fraction of sp³-hybridized carbons (Fsp3) is 0.429. The summed E-state index contributed by atoms with van der Waals surface area (Å²) in [6.45, 7) is 6.83. The molecule has 0 aliphatic carbocycles. The first-order valence-corrected chi connectivity index (χ1v) is 6.30. The molecule has 102 valence electrons. The van der Waals surface area contributed by atoms with E-state index in [0.29, 0.717) is 24.2 Å². The number of rotatable bonds is 4. The highest BCUT2D eigenvalue weighted by Gasteiger charge is 2.06. The predicted molar refractivity (Wildman–Crippen MR) is 72.2 cm³/mol. The number of halogens is 1. The molecular weight excluding hydrogens is 243 g/mol. The molecule has 0 fully saturated rings. The zero-order valence-electron chi connectivity index (χ0n) is 11.8. The number of hydrogen-bond acceptors (Lipinski definition) is 3. The molecule has 19 heavy (non-hydrogen) atoms. The maximum Gasteiger partial charge on any atom is 0.146 e. The lowest BCUT2D eigenvalue weighted by Crippen LogP contribution is -2.16. The molecule has 0 unspecified atom stereocenters. The van der Waals surface area contributed by atoms with E-state index in [1.165, 1.54) is 0 Å². The van der Waals surface area contributed by atoms with Gasteiger partial charge in [0.05, 0.1) is 6.54 Å². The van der Waals surface area contributed by atoms with Crippen LogP contribution >= 0.6 is 0 Å². The highest BCUT2D eigenvalue weighted by Crippen LogP contribution is 2.14. The fourth-order valence-corrected chi connectivity index (χ4v) is 2.06. The molecule has 4 nitrogen and oxygen atoms in total. The number of aryl methyl sites for hydroxylation is 3. The minimum Gasteiger partial charge on any atom is -0.317 e. The van der Waals surface area contributed by atoms with Gasteiger partial charge in [-0.15, -0.1) is 10.2 Å². The molecule has 0 bridgehead atoms. The minimum absolute atomic E-state index is 0.118. The highest BCUT2D eigenvalue weighted by atomic mass is 19.1. The van der Waals surface area contributed by atoms with Gasteiger partial charge in [0.15, 0.2) is 0 Å². The third-order valence-corrected chi connectivity index (χ3v) is 3.29. The summed E-state index contributed by atoms with van der Waals surface area (Å²) in [5.41, 5.74) is 2.45. The van der Waals surface area contributed by atoms with Crippen molar-refractivity contribution in [2.75, 3.05) is 0 Å². The Hall–Kier alpha value is -1.75. The number of nitrogens with one attached hydrogen (secondary N) is 1. The van der Waals surface area contributed by atoms with E-state index in [2.05, 4.69) is 15.5 Å². The predicted octanol–water partition coefficient (Wildman–Crippen LogP) is 2.17. The van der Waals surface area contributed by atoms with Crippen molar-refractivity contribution in [3.8, 4) is 0 Å². The third-order valence-electron chi connectivity index (χ3n) is 3.29. The van der Waals surface area contributed by atoms with Gasteiger partial charge >= 0.3 is 0 Å². The van der Waals surface area contributed by atoms with Crippen LogP contribution in [0.2, 0.25) is 0 Å². The molecule has 2 rings (SSSR count). The van der Waals surface area contributed by atoms with E-state index in [1.807, 2.05) is 30.7 Å². The van der Waals surface area contributed by atoms with E-state index in [1.54, 1.807) is 13.8 Å². The van der Waals surface area contributed by atoms with Crippen LogP contribution in [0.4, 0.5) is 4.39 Å². The van der Waals surface area contributed by atoms with Crippen molar-refractivity contribution in [2.45, 2.75) is 33.9 Å². The summed E-state index contributed by atoms with van der Waals surface area (Å²) < 4.78 is 15.5. The van der Waals surface area contributed by atoms with Crippen LogP contribution in [0.15, 0.2) is 12.1 Å². The van der Waals surface area contributed by atoms with Gasteiger partial charge in [0, 0.05) is 13.6 Å². The SMILES string of the molecule is Cc1cc(CNCc2nnc(C)n2C)cc(C)c1F. The second-order valence-corrected chi connectivity index (χ2v) is 4.87. The lowest BCUT2D eigenvalue weighted by atomic mass is 10.1. The summed E-state index contributed by atoms with van der Waals surface area (Å²) in [6.07, 6.45) is 0. The summed E-state index contributed by atoms with van der Waals surface area (Å²) in [7, 11) is 1.94. The Bertz CT molecular complexity index is 566. The summed E-state index contributed by atoms with van der Waals surface area (Å²) in [5.74, 6) is 1.67. The number of hydrogen-bond donors (Lipinski definition) is 1. The van der Waals surface area contributed by atoms with Crippen molar-refractivity contribution in [3.05, 3.63) is 46.3 Å². The van der Waals surface area contributed by atoms with Crippen LogP contribution < -0.4 is 5.32 Å². The average molecular weight is 262 g/mol. The number of aromatic nitrogens is 3.